The van der Waals surface area contributed by atoms with E-state index in [9.17, 15) is 9.18 Å². The first-order valence-electron chi connectivity index (χ1n) is 9.67. The first kappa shape index (κ1) is 24.5. The maximum atomic E-state index is 13.0. The van der Waals surface area contributed by atoms with Crippen LogP contribution >= 0.6 is 24.0 Å². The SMILES string of the molecule is CCNC(=NCC(C)Oc1ccc(F)cc1)N1CCC(CC(=O)NC)CC1.I. The molecular formula is C20H32FIN4O2. The predicted octanol–water partition coefficient (Wildman–Crippen LogP) is 3.02. The number of piperidine rings is 1. The quantitative estimate of drug-likeness (QED) is 0.339. The summed E-state index contributed by atoms with van der Waals surface area (Å²) in [5, 5.41) is 6.04. The molecule has 158 valence electrons. The fourth-order valence-electron chi connectivity index (χ4n) is 3.14. The van der Waals surface area contributed by atoms with Crippen molar-refractivity contribution in [3.05, 3.63) is 30.1 Å². The molecule has 1 aromatic carbocycles. The highest BCUT2D eigenvalue weighted by Gasteiger charge is 2.23. The Labute approximate surface area is 184 Å². The Hall–Kier alpha value is -1.58. The molecule has 0 aliphatic carbocycles. The number of likely N-dealkylation sites (tertiary alicyclic amines) is 1. The van der Waals surface area contributed by atoms with Gasteiger partial charge in [-0.25, -0.2) is 9.38 Å². The lowest BCUT2D eigenvalue weighted by molar-refractivity contribution is -0.121. The van der Waals surface area contributed by atoms with Gasteiger partial charge in [-0.05, 0) is 56.9 Å². The van der Waals surface area contributed by atoms with Crippen molar-refractivity contribution in [1.82, 2.24) is 15.5 Å². The molecule has 2 rings (SSSR count). The summed E-state index contributed by atoms with van der Waals surface area (Å²) in [5.74, 6) is 1.79. The van der Waals surface area contributed by atoms with E-state index in [2.05, 4.69) is 15.5 Å². The van der Waals surface area contributed by atoms with Gasteiger partial charge < -0.3 is 20.3 Å². The lowest BCUT2D eigenvalue weighted by atomic mass is 9.93. The highest BCUT2D eigenvalue weighted by molar-refractivity contribution is 14.0. The minimum Gasteiger partial charge on any atom is -0.489 e. The molecule has 0 aromatic heterocycles. The van der Waals surface area contributed by atoms with Crippen LogP contribution in [0.2, 0.25) is 0 Å². The summed E-state index contributed by atoms with van der Waals surface area (Å²) in [7, 11) is 1.68. The maximum absolute atomic E-state index is 13.0. The number of benzene rings is 1. The summed E-state index contributed by atoms with van der Waals surface area (Å²) in [5.41, 5.74) is 0. The van der Waals surface area contributed by atoms with Gasteiger partial charge >= 0.3 is 0 Å². The van der Waals surface area contributed by atoms with E-state index >= 15 is 0 Å². The van der Waals surface area contributed by atoms with Gasteiger partial charge in [0.2, 0.25) is 5.91 Å². The zero-order valence-corrected chi connectivity index (χ0v) is 19.2. The van der Waals surface area contributed by atoms with Gasteiger partial charge in [0.15, 0.2) is 5.96 Å². The van der Waals surface area contributed by atoms with E-state index in [0.29, 0.717) is 24.6 Å². The third kappa shape index (κ3) is 8.20. The molecule has 6 nitrogen and oxygen atoms in total. The predicted molar refractivity (Wildman–Crippen MR) is 121 cm³/mol. The minimum atomic E-state index is -0.276. The van der Waals surface area contributed by atoms with Crippen molar-refractivity contribution >= 4 is 35.8 Å². The molecule has 1 saturated heterocycles. The number of rotatable bonds is 7. The van der Waals surface area contributed by atoms with Crippen molar-refractivity contribution in [2.75, 3.05) is 33.2 Å². The Kier molecular flexibility index (Phi) is 11.2. The number of halogens is 2. The molecule has 1 fully saturated rings. The normalized spacial score (nSPS) is 16.1. The molecule has 1 unspecified atom stereocenters. The number of nitrogens with zero attached hydrogens (tertiary/aromatic N) is 2. The molecule has 28 heavy (non-hydrogen) atoms. The van der Waals surface area contributed by atoms with Crippen LogP contribution in [0, 0.1) is 11.7 Å². The van der Waals surface area contributed by atoms with Crippen molar-refractivity contribution in [2.24, 2.45) is 10.9 Å². The van der Waals surface area contributed by atoms with Gasteiger partial charge in [0.25, 0.3) is 0 Å². The summed E-state index contributed by atoms with van der Waals surface area (Å²) < 4.78 is 18.8. The topological polar surface area (TPSA) is 66.0 Å². The molecule has 0 bridgehead atoms. The molecule has 0 saturated carbocycles. The van der Waals surface area contributed by atoms with Crippen LogP contribution in [-0.4, -0.2) is 56.1 Å². The summed E-state index contributed by atoms with van der Waals surface area (Å²) >= 11 is 0. The number of nitrogens with one attached hydrogen (secondary N) is 2. The van der Waals surface area contributed by atoms with Crippen LogP contribution in [0.25, 0.3) is 0 Å². The average molecular weight is 506 g/mol. The Morgan fingerprint density at radius 2 is 1.96 bits per heavy atom. The van der Waals surface area contributed by atoms with Crippen LogP contribution in [0.5, 0.6) is 5.75 Å². The Bertz CT molecular complexity index is 619. The van der Waals surface area contributed by atoms with Crippen molar-refractivity contribution in [3.8, 4) is 5.75 Å². The molecule has 1 atom stereocenters. The number of guanidine groups is 1. The summed E-state index contributed by atoms with van der Waals surface area (Å²) in [6.45, 7) is 7.09. The second-order valence-corrected chi connectivity index (χ2v) is 6.88. The van der Waals surface area contributed by atoms with E-state index in [1.807, 2.05) is 13.8 Å². The first-order valence-corrected chi connectivity index (χ1v) is 9.67. The van der Waals surface area contributed by atoms with E-state index in [1.54, 1.807) is 19.2 Å². The van der Waals surface area contributed by atoms with E-state index in [-0.39, 0.29) is 41.8 Å². The van der Waals surface area contributed by atoms with Crippen molar-refractivity contribution in [2.45, 2.75) is 39.2 Å². The number of amides is 1. The average Bonchev–Trinajstić information content (AvgIpc) is 2.67. The maximum Gasteiger partial charge on any atom is 0.220 e. The van der Waals surface area contributed by atoms with Crippen LogP contribution < -0.4 is 15.4 Å². The second-order valence-electron chi connectivity index (χ2n) is 6.88. The Morgan fingerprint density at radius 1 is 1.32 bits per heavy atom. The molecule has 0 radical (unpaired) electrons. The Balaban J connectivity index is 0.00000392. The van der Waals surface area contributed by atoms with Crippen molar-refractivity contribution in [3.63, 3.8) is 0 Å². The number of hydrogen-bond acceptors (Lipinski definition) is 3. The number of aliphatic imine (C=N–C) groups is 1. The molecule has 2 N–H and O–H groups in total. The third-order valence-corrected chi connectivity index (χ3v) is 4.65. The van der Waals surface area contributed by atoms with Crippen molar-refractivity contribution in [1.29, 1.82) is 0 Å². The van der Waals surface area contributed by atoms with Gasteiger partial charge in [-0.3, -0.25) is 4.79 Å². The molecule has 1 heterocycles. The van der Waals surface area contributed by atoms with Crippen LogP contribution in [0.3, 0.4) is 0 Å². The summed E-state index contributed by atoms with van der Waals surface area (Å²) in [4.78, 5) is 18.5. The van der Waals surface area contributed by atoms with Crippen LogP contribution in [0.1, 0.15) is 33.1 Å². The molecule has 8 heteroatoms. The third-order valence-electron chi connectivity index (χ3n) is 4.65. The fourth-order valence-corrected chi connectivity index (χ4v) is 3.14. The van der Waals surface area contributed by atoms with E-state index in [1.165, 1.54) is 12.1 Å². The van der Waals surface area contributed by atoms with E-state index in [0.717, 1.165) is 38.4 Å². The molecule has 1 aromatic rings. The van der Waals surface area contributed by atoms with Crippen LogP contribution in [-0.2, 0) is 4.79 Å². The number of carbonyl (C=O) groups excluding carboxylic acids is 1. The van der Waals surface area contributed by atoms with Crippen LogP contribution in [0.4, 0.5) is 4.39 Å². The lowest BCUT2D eigenvalue weighted by Gasteiger charge is -2.34. The van der Waals surface area contributed by atoms with Gasteiger partial charge in [-0.1, -0.05) is 0 Å². The molecule has 0 spiro atoms. The zero-order valence-electron chi connectivity index (χ0n) is 16.9. The van der Waals surface area contributed by atoms with Crippen molar-refractivity contribution < 1.29 is 13.9 Å². The molecular weight excluding hydrogens is 474 g/mol. The van der Waals surface area contributed by atoms with Gasteiger partial charge in [0.05, 0.1) is 6.54 Å². The van der Waals surface area contributed by atoms with Gasteiger partial charge in [-0.2, -0.15) is 0 Å². The number of ether oxygens (including phenoxy) is 1. The molecule has 1 aliphatic rings. The fraction of sp³-hybridized carbons (Fsp3) is 0.600. The molecule has 1 aliphatic heterocycles. The molecule has 1 amide bonds. The van der Waals surface area contributed by atoms with Gasteiger partial charge in [0.1, 0.15) is 17.7 Å². The summed E-state index contributed by atoms with van der Waals surface area (Å²) in [6, 6.07) is 6.02. The van der Waals surface area contributed by atoms with E-state index in [4.69, 9.17) is 9.73 Å². The minimum absolute atomic E-state index is 0. The highest BCUT2D eigenvalue weighted by atomic mass is 127. The zero-order chi connectivity index (χ0) is 19.6. The highest BCUT2D eigenvalue weighted by Crippen LogP contribution is 2.20. The van der Waals surface area contributed by atoms with Gasteiger partial charge in [0, 0.05) is 33.1 Å². The Morgan fingerprint density at radius 3 is 2.54 bits per heavy atom. The number of carbonyl (C=O) groups is 1. The largest absolute Gasteiger partial charge is 0.489 e. The monoisotopic (exact) mass is 506 g/mol. The number of hydrogen-bond donors (Lipinski definition) is 2. The van der Waals surface area contributed by atoms with Crippen LogP contribution in [0.15, 0.2) is 29.3 Å². The summed E-state index contributed by atoms with van der Waals surface area (Å²) in [6.07, 6.45) is 2.45. The van der Waals surface area contributed by atoms with E-state index < -0.39 is 0 Å². The standard InChI is InChI=1S/C20H31FN4O2.HI/c1-4-23-20(25-11-9-16(10-12-25)13-19(26)22-3)24-14-15(2)27-18-7-5-17(21)6-8-18;/h5-8,15-16H,4,9-14H2,1-3H3,(H,22,26)(H,23,24);1H. The first-order chi connectivity index (χ1) is 13.0. The second kappa shape index (κ2) is 12.8. The smallest absolute Gasteiger partial charge is 0.220 e. The van der Waals surface area contributed by atoms with Gasteiger partial charge in [-0.15, -0.1) is 24.0 Å². The lowest BCUT2D eigenvalue weighted by Crippen LogP contribution is -2.46.